The molecule has 0 saturated carbocycles. The van der Waals surface area contributed by atoms with Gasteiger partial charge in [0.25, 0.3) is 11.8 Å². The minimum absolute atomic E-state index is 0.0196. The molecule has 1 N–H and O–H groups in total. The number of nitrogens with one attached hydrogen (secondary N) is 1. The van der Waals surface area contributed by atoms with E-state index in [1.807, 2.05) is 30.3 Å². The number of benzene rings is 2. The average molecular weight is 424 g/mol. The number of carbonyl (C=O) groups is 3. The largest absolute Gasteiger partial charge is 0.484 e. The molecule has 1 aliphatic rings. The molecule has 1 aliphatic heterocycles. The van der Waals surface area contributed by atoms with E-state index in [1.165, 1.54) is 5.56 Å². The zero-order chi connectivity index (χ0) is 22.1. The van der Waals surface area contributed by atoms with E-state index in [0.717, 1.165) is 12.8 Å². The first-order chi connectivity index (χ1) is 15.1. The lowest BCUT2D eigenvalue weighted by atomic mass is 10.1. The van der Waals surface area contributed by atoms with Gasteiger partial charge in [-0.1, -0.05) is 43.7 Å². The van der Waals surface area contributed by atoms with Gasteiger partial charge in [-0.05, 0) is 36.2 Å². The second-order valence-corrected chi connectivity index (χ2v) is 7.49. The molecule has 2 aromatic carbocycles. The Morgan fingerprint density at radius 2 is 1.48 bits per heavy atom. The van der Waals surface area contributed by atoms with Gasteiger partial charge in [0.2, 0.25) is 5.91 Å². The highest BCUT2D eigenvalue weighted by atomic mass is 16.5. The molecule has 3 rings (SSSR count). The maximum Gasteiger partial charge on any atom is 0.260 e. The van der Waals surface area contributed by atoms with Gasteiger partial charge in [-0.25, -0.2) is 0 Å². The summed E-state index contributed by atoms with van der Waals surface area (Å²) >= 11 is 0. The van der Waals surface area contributed by atoms with E-state index in [1.54, 1.807) is 34.1 Å². The van der Waals surface area contributed by atoms with E-state index in [0.29, 0.717) is 37.5 Å². The number of rotatable bonds is 8. The maximum atomic E-state index is 12.4. The second kappa shape index (κ2) is 11.2. The molecular weight excluding hydrogens is 394 g/mol. The van der Waals surface area contributed by atoms with Crippen molar-refractivity contribution < 1.29 is 19.1 Å². The summed E-state index contributed by atoms with van der Waals surface area (Å²) in [7, 11) is 0. The molecule has 1 heterocycles. The van der Waals surface area contributed by atoms with Gasteiger partial charge < -0.3 is 19.9 Å². The average Bonchev–Trinajstić information content (AvgIpc) is 2.82. The molecule has 0 aliphatic carbocycles. The number of aryl methyl sites for hydroxylation is 1. The van der Waals surface area contributed by atoms with Crippen LogP contribution in [-0.4, -0.2) is 66.9 Å². The zero-order valence-electron chi connectivity index (χ0n) is 17.9. The number of piperazine rings is 1. The van der Waals surface area contributed by atoms with Gasteiger partial charge in [0.05, 0.1) is 6.54 Å². The maximum absolute atomic E-state index is 12.4. The Hall–Kier alpha value is -3.35. The molecule has 0 bridgehead atoms. The fourth-order valence-electron chi connectivity index (χ4n) is 3.44. The van der Waals surface area contributed by atoms with Crippen LogP contribution in [0.3, 0.4) is 0 Å². The summed E-state index contributed by atoms with van der Waals surface area (Å²) in [6, 6.07) is 16.6. The summed E-state index contributed by atoms with van der Waals surface area (Å²) < 4.78 is 5.62. The lowest BCUT2D eigenvalue weighted by molar-refractivity contribution is -0.140. The van der Waals surface area contributed by atoms with Gasteiger partial charge in [0.1, 0.15) is 5.75 Å². The van der Waals surface area contributed by atoms with E-state index in [2.05, 4.69) is 12.2 Å². The predicted octanol–water partition coefficient (Wildman–Crippen LogP) is 2.12. The van der Waals surface area contributed by atoms with Crippen LogP contribution >= 0.6 is 0 Å². The number of hydrogen-bond acceptors (Lipinski definition) is 4. The topological polar surface area (TPSA) is 79.0 Å². The third-order valence-electron chi connectivity index (χ3n) is 5.25. The van der Waals surface area contributed by atoms with Crippen LogP contribution in [0.1, 0.15) is 29.3 Å². The summed E-state index contributed by atoms with van der Waals surface area (Å²) in [4.78, 5) is 40.2. The summed E-state index contributed by atoms with van der Waals surface area (Å²) in [6.45, 7) is 3.85. The van der Waals surface area contributed by atoms with Crippen LogP contribution in [0.5, 0.6) is 5.75 Å². The number of hydrogen-bond donors (Lipinski definition) is 1. The van der Waals surface area contributed by atoms with Gasteiger partial charge in [0.15, 0.2) is 6.61 Å². The Balaban J connectivity index is 1.37. The van der Waals surface area contributed by atoms with Crippen molar-refractivity contribution in [1.82, 2.24) is 15.1 Å². The van der Waals surface area contributed by atoms with E-state index in [9.17, 15) is 14.4 Å². The van der Waals surface area contributed by atoms with Crippen LogP contribution in [0.15, 0.2) is 54.6 Å². The van der Waals surface area contributed by atoms with Crippen LogP contribution < -0.4 is 10.1 Å². The lowest BCUT2D eigenvalue weighted by Gasteiger charge is -2.34. The van der Waals surface area contributed by atoms with E-state index in [-0.39, 0.29) is 30.9 Å². The smallest absolute Gasteiger partial charge is 0.260 e. The minimum Gasteiger partial charge on any atom is -0.484 e. The van der Waals surface area contributed by atoms with E-state index >= 15 is 0 Å². The van der Waals surface area contributed by atoms with Crippen molar-refractivity contribution in [2.45, 2.75) is 19.8 Å². The molecule has 0 aromatic heterocycles. The molecule has 7 nitrogen and oxygen atoms in total. The first-order valence-electron chi connectivity index (χ1n) is 10.7. The molecule has 7 heteroatoms. The molecule has 0 radical (unpaired) electrons. The van der Waals surface area contributed by atoms with Crippen molar-refractivity contribution in [3.05, 3.63) is 65.7 Å². The van der Waals surface area contributed by atoms with Gasteiger partial charge in [-0.15, -0.1) is 0 Å². The number of amides is 3. The molecule has 2 aromatic rings. The highest BCUT2D eigenvalue weighted by Gasteiger charge is 2.24. The molecule has 1 fully saturated rings. The van der Waals surface area contributed by atoms with Crippen LogP contribution in [0.25, 0.3) is 0 Å². The van der Waals surface area contributed by atoms with Crippen molar-refractivity contribution in [2.24, 2.45) is 0 Å². The number of ether oxygens (including phenoxy) is 1. The van der Waals surface area contributed by atoms with Crippen LogP contribution in [-0.2, 0) is 16.0 Å². The first kappa shape index (κ1) is 22.3. The molecule has 164 valence electrons. The number of carbonyl (C=O) groups excluding carboxylic acids is 3. The van der Waals surface area contributed by atoms with Crippen molar-refractivity contribution in [3.8, 4) is 5.75 Å². The van der Waals surface area contributed by atoms with E-state index in [4.69, 9.17) is 4.74 Å². The number of nitrogens with zero attached hydrogens (tertiary/aromatic N) is 2. The van der Waals surface area contributed by atoms with Gasteiger partial charge in [-0.2, -0.15) is 0 Å². The van der Waals surface area contributed by atoms with Crippen molar-refractivity contribution in [2.75, 3.05) is 39.3 Å². The van der Waals surface area contributed by atoms with Crippen LogP contribution in [0.4, 0.5) is 0 Å². The SMILES string of the molecule is CCCc1ccc(OCC(=O)N2CCN(C(=O)CNC(=O)c3ccccc3)CC2)cc1. The molecule has 1 saturated heterocycles. The fourth-order valence-corrected chi connectivity index (χ4v) is 3.44. The minimum atomic E-state index is -0.275. The molecule has 0 atom stereocenters. The van der Waals surface area contributed by atoms with Crippen molar-refractivity contribution in [3.63, 3.8) is 0 Å². The van der Waals surface area contributed by atoms with Crippen molar-refractivity contribution >= 4 is 17.7 Å². The Morgan fingerprint density at radius 1 is 0.871 bits per heavy atom. The molecule has 0 unspecified atom stereocenters. The summed E-state index contributed by atoms with van der Waals surface area (Å²) in [5.41, 5.74) is 1.77. The molecule has 31 heavy (non-hydrogen) atoms. The van der Waals surface area contributed by atoms with Gasteiger partial charge in [0, 0.05) is 31.7 Å². The Morgan fingerprint density at radius 3 is 2.10 bits per heavy atom. The monoisotopic (exact) mass is 423 g/mol. The quantitative estimate of drug-likeness (QED) is 0.706. The van der Waals surface area contributed by atoms with Gasteiger partial charge in [-0.3, -0.25) is 14.4 Å². The van der Waals surface area contributed by atoms with E-state index < -0.39 is 0 Å². The Labute approximate surface area is 183 Å². The Bertz CT molecular complexity index is 875. The normalized spacial score (nSPS) is 13.6. The lowest BCUT2D eigenvalue weighted by Crippen LogP contribution is -2.53. The second-order valence-electron chi connectivity index (χ2n) is 7.49. The third-order valence-corrected chi connectivity index (χ3v) is 5.25. The highest BCUT2D eigenvalue weighted by Crippen LogP contribution is 2.14. The fraction of sp³-hybridized carbons (Fsp3) is 0.375. The molecule has 3 amide bonds. The highest BCUT2D eigenvalue weighted by molar-refractivity contribution is 5.96. The summed E-state index contributed by atoms with van der Waals surface area (Å²) in [5, 5.41) is 2.65. The Kier molecular flexibility index (Phi) is 8.04. The summed E-state index contributed by atoms with van der Waals surface area (Å²) in [5.74, 6) is 0.153. The zero-order valence-corrected chi connectivity index (χ0v) is 17.9. The first-order valence-corrected chi connectivity index (χ1v) is 10.7. The predicted molar refractivity (Wildman–Crippen MR) is 118 cm³/mol. The van der Waals surface area contributed by atoms with Crippen LogP contribution in [0.2, 0.25) is 0 Å². The molecule has 0 spiro atoms. The van der Waals surface area contributed by atoms with Gasteiger partial charge >= 0.3 is 0 Å². The molecular formula is C24H29N3O4. The van der Waals surface area contributed by atoms with Crippen molar-refractivity contribution in [1.29, 1.82) is 0 Å². The summed E-state index contributed by atoms with van der Waals surface area (Å²) in [6.07, 6.45) is 2.12. The standard InChI is InChI=1S/C24H29N3O4/c1-2-6-19-9-11-21(12-10-19)31-18-23(29)27-15-13-26(14-16-27)22(28)17-25-24(30)20-7-4-3-5-8-20/h3-5,7-12H,2,6,13-18H2,1H3,(H,25,30). The third kappa shape index (κ3) is 6.57. The van der Waals surface area contributed by atoms with Crippen LogP contribution in [0, 0.1) is 0 Å².